The van der Waals surface area contributed by atoms with Gasteiger partial charge in [-0.05, 0) is 25.7 Å². The van der Waals surface area contributed by atoms with E-state index in [0.717, 1.165) is 26.2 Å². The predicted octanol–water partition coefficient (Wildman–Crippen LogP) is 1.32. The molecular formula is C16H28N2O3. The van der Waals surface area contributed by atoms with Crippen LogP contribution in [-0.4, -0.2) is 61.9 Å². The molecule has 1 spiro atoms. The van der Waals surface area contributed by atoms with Gasteiger partial charge in [-0.2, -0.15) is 0 Å². The highest BCUT2D eigenvalue weighted by atomic mass is 16.5. The van der Waals surface area contributed by atoms with E-state index in [0.29, 0.717) is 25.7 Å². The van der Waals surface area contributed by atoms with Gasteiger partial charge in [0.25, 0.3) is 0 Å². The smallest absolute Gasteiger partial charge is 0.224 e. The highest BCUT2D eigenvalue weighted by Crippen LogP contribution is 2.43. The van der Waals surface area contributed by atoms with Gasteiger partial charge in [0.05, 0.1) is 24.9 Å². The van der Waals surface area contributed by atoms with E-state index in [1.807, 2.05) is 4.90 Å². The summed E-state index contributed by atoms with van der Waals surface area (Å²) in [7, 11) is 0. The van der Waals surface area contributed by atoms with E-state index in [1.165, 1.54) is 38.5 Å². The van der Waals surface area contributed by atoms with Crippen molar-refractivity contribution in [3.05, 3.63) is 0 Å². The van der Waals surface area contributed by atoms with E-state index in [2.05, 4.69) is 5.32 Å². The molecule has 120 valence electrons. The summed E-state index contributed by atoms with van der Waals surface area (Å²) in [4.78, 5) is 13.9. The number of carbonyl (C=O) groups is 1. The van der Waals surface area contributed by atoms with Crippen LogP contribution < -0.4 is 5.32 Å². The average molecular weight is 296 g/mol. The summed E-state index contributed by atoms with van der Waals surface area (Å²) in [6, 6.07) is 0. The zero-order valence-electron chi connectivity index (χ0n) is 12.9. The highest BCUT2D eigenvalue weighted by Gasteiger charge is 2.41. The van der Waals surface area contributed by atoms with Crippen LogP contribution in [0.2, 0.25) is 0 Å². The first kappa shape index (κ1) is 15.3. The summed E-state index contributed by atoms with van der Waals surface area (Å²) in [5.41, 5.74) is 0.218. The lowest BCUT2D eigenvalue weighted by Gasteiger charge is -2.27. The summed E-state index contributed by atoms with van der Waals surface area (Å²) < 4.78 is 11.5. The highest BCUT2D eigenvalue weighted by molar-refractivity contribution is 5.76. The van der Waals surface area contributed by atoms with Crippen molar-refractivity contribution >= 4 is 5.91 Å². The molecule has 2 saturated heterocycles. The van der Waals surface area contributed by atoms with Crippen LogP contribution in [0.5, 0.6) is 0 Å². The maximum atomic E-state index is 12.0. The number of nitrogens with one attached hydrogen (secondary N) is 1. The van der Waals surface area contributed by atoms with Crippen LogP contribution in [-0.2, 0) is 14.3 Å². The van der Waals surface area contributed by atoms with Gasteiger partial charge in [0.2, 0.25) is 5.91 Å². The lowest BCUT2D eigenvalue weighted by atomic mass is 9.98. The van der Waals surface area contributed by atoms with Gasteiger partial charge in [-0.1, -0.05) is 12.8 Å². The molecule has 0 aromatic heterocycles. The molecule has 0 radical (unpaired) electrons. The Hall–Kier alpha value is -0.650. The summed E-state index contributed by atoms with van der Waals surface area (Å²) >= 11 is 0. The Labute approximate surface area is 127 Å². The van der Waals surface area contributed by atoms with E-state index in [1.54, 1.807) is 0 Å². The Morgan fingerprint density at radius 3 is 2.71 bits per heavy atom. The van der Waals surface area contributed by atoms with Crippen LogP contribution in [0.4, 0.5) is 0 Å². The second-order valence-electron chi connectivity index (χ2n) is 6.62. The van der Waals surface area contributed by atoms with E-state index in [-0.39, 0.29) is 11.5 Å². The Balaban J connectivity index is 1.29. The summed E-state index contributed by atoms with van der Waals surface area (Å²) in [5, 5.41) is 3.40. The minimum atomic E-state index is 0.218. The molecule has 21 heavy (non-hydrogen) atoms. The molecule has 1 aliphatic carbocycles. The second-order valence-corrected chi connectivity index (χ2v) is 6.62. The normalized spacial score (nSPS) is 28.4. The number of morpholine rings is 1. The number of hydrogen-bond acceptors (Lipinski definition) is 4. The fourth-order valence-electron chi connectivity index (χ4n) is 3.86. The lowest BCUT2D eigenvalue weighted by Crippen LogP contribution is -2.42. The molecule has 2 heterocycles. The molecule has 1 N–H and O–H groups in total. The van der Waals surface area contributed by atoms with Crippen molar-refractivity contribution in [3.8, 4) is 0 Å². The Morgan fingerprint density at radius 2 is 1.95 bits per heavy atom. The van der Waals surface area contributed by atoms with E-state index in [9.17, 15) is 4.79 Å². The second kappa shape index (κ2) is 7.07. The molecule has 1 saturated carbocycles. The number of carbonyl (C=O) groups excluding carboxylic acids is 1. The van der Waals surface area contributed by atoms with Gasteiger partial charge in [0.1, 0.15) is 0 Å². The van der Waals surface area contributed by atoms with Gasteiger partial charge >= 0.3 is 0 Å². The monoisotopic (exact) mass is 296 g/mol. The predicted molar refractivity (Wildman–Crippen MR) is 80.2 cm³/mol. The minimum Gasteiger partial charge on any atom is -0.378 e. The Morgan fingerprint density at radius 1 is 1.19 bits per heavy atom. The van der Waals surface area contributed by atoms with Gasteiger partial charge < -0.3 is 19.7 Å². The average Bonchev–Trinajstić information content (AvgIpc) is 3.15. The third-order valence-electron chi connectivity index (χ3n) is 5.10. The zero-order valence-corrected chi connectivity index (χ0v) is 12.9. The number of amides is 1. The molecule has 1 amide bonds. The molecule has 3 aliphatic rings. The molecule has 1 unspecified atom stereocenters. The molecule has 3 rings (SSSR count). The third kappa shape index (κ3) is 3.96. The first-order valence-electron chi connectivity index (χ1n) is 8.52. The number of hydrogen-bond donors (Lipinski definition) is 1. The van der Waals surface area contributed by atoms with E-state index >= 15 is 0 Å². The maximum Gasteiger partial charge on any atom is 0.224 e. The molecule has 3 fully saturated rings. The van der Waals surface area contributed by atoms with Gasteiger partial charge in [-0.3, -0.25) is 4.79 Å². The summed E-state index contributed by atoms with van der Waals surface area (Å²) in [6.45, 7) is 4.48. The van der Waals surface area contributed by atoms with Crippen LogP contribution in [0.15, 0.2) is 0 Å². The zero-order chi connectivity index (χ0) is 14.5. The number of rotatable bonds is 5. The lowest BCUT2D eigenvalue weighted by molar-refractivity contribution is -0.135. The molecule has 1 atom stereocenters. The van der Waals surface area contributed by atoms with Crippen molar-refractivity contribution in [3.63, 3.8) is 0 Å². The van der Waals surface area contributed by atoms with Gasteiger partial charge in [-0.25, -0.2) is 0 Å². The van der Waals surface area contributed by atoms with Crippen molar-refractivity contribution in [2.24, 2.45) is 0 Å². The molecule has 5 heteroatoms. The van der Waals surface area contributed by atoms with Crippen molar-refractivity contribution in [2.45, 2.75) is 56.7 Å². The van der Waals surface area contributed by atoms with Crippen LogP contribution in [0.3, 0.4) is 0 Å². The molecular weight excluding hydrogens is 268 g/mol. The molecule has 5 nitrogen and oxygen atoms in total. The standard InChI is InChI=1S/C16H28N2O3/c19-15(18-9-11-20-12-10-18)4-8-17-13-14-3-7-16(21-14)5-1-2-6-16/h14,17H,1-13H2. The van der Waals surface area contributed by atoms with Crippen molar-refractivity contribution in [2.75, 3.05) is 39.4 Å². The number of ether oxygens (including phenoxy) is 2. The van der Waals surface area contributed by atoms with E-state index in [4.69, 9.17) is 9.47 Å². The molecule has 0 bridgehead atoms. The van der Waals surface area contributed by atoms with E-state index < -0.39 is 0 Å². The van der Waals surface area contributed by atoms with Gasteiger partial charge in [0.15, 0.2) is 0 Å². The quantitative estimate of drug-likeness (QED) is 0.777. The number of nitrogens with zero attached hydrogens (tertiary/aromatic N) is 1. The SMILES string of the molecule is O=C(CCNCC1CCC2(CCCC2)O1)N1CCOCC1. The molecule has 0 aromatic rings. The molecule has 2 aliphatic heterocycles. The maximum absolute atomic E-state index is 12.0. The fourth-order valence-corrected chi connectivity index (χ4v) is 3.86. The van der Waals surface area contributed by atoms with Crippen LogP contribution in [0.25, 0.3) is 0 Å². The largest absolute Gasteiger partial charge is 0.378 e. The van der Waals surface area contributed by atoms with Crippen molar-refractivity contribution in [1.29, 1.82) is 0 Å². The first-order chi connectivity index (χ1) is 10.3. The summed E-state index contributed by atoms with van der Waals surface area (Å²) in [5.74, 6) is 0.241. The fraction of sp³-hybridized carbons (Fsp3) is 0.938. The van der Waals surface area contributed by atoms with Crippen LogP contribution >= 0.6 is 0 Å². The Bertz CT molecular complexity index is 349. The van der Waals surface area contributed by atoms with Crippen LogP contribution in [0.1, 0.15) is 44.9 Å². The topological polar surface area (TPSA) is 50.8 Å². The first-order valence-corrected chi connectivity index (χ1v) is 8.52. The van der Waals surface area contributed by atoms with Gasteiger partial charge in [-0.15, -0.1) is 0 Å². The molecule has 0 aromatic carbocycles. The Kier molecular flexibility index (Phi) is 5.14. The third-order valence-corrected chi connectivity index (χ3v) is 5.10. The van der Waals surface area contributed by atoms with Crippen molar-refractivity contribution < 1.29 is 14.3 Å². The minimum absolute atomic E-state index is 0.218. The summed E-state index contributed by atoms with van der Waals surface area (Å²) in [6.07, 6.45) is 8.48. The van der Waals surface area contributed by atoms with Gasteiger partial charge in [0, 0.05) is 32.6 Å². The van der Waals surface area contributed by atoms with Crippen molar-refractivity contribution in [1.82, 2.24) is 10.2 Å². The van der Waals surface area contributed by atoms with Crippen LogP contribution in [0, 0.1) is 0 Å².